The Balaban J connectivity index is 1.70. The van der Waals surface area contributed by atoms with Crippen molar-refractivity contribution >= 4 is 27.6 Å². The molecule has 0 aliphatic rings. The molecule has 0 aliphatic carbocycles. The molecule has 0 radical (unpaired) electrons. The maximum atomic E-state index is 8.74. The molecule has 3 rings (SSSR count). The molecule has 0 spiro atoms. The van der Waals surface area contributed by atoms with Crippen molar-refractivity contribution in [2.75, 3.05) is 18.5 Å². The minimum Gasteiger partial charge on any atom is -0.492 e. The van der Waals surface area contributed by atoms with Crippen LogP contribution < -0.4 is 15.8 Å². The first-order valence-electron chi connectivity index (χ1n) is 7.87. The Morgan fingerprint density at radius 2 is 2.12 bits per heavy atom. The van der Waals surface area contributed by atoms with Crippen LogP contribution >= 0.6 is 15.9 Å². The van der Waals surface area contributed by atoms with Crippen LogP contribution in [0.2, 0.25) is 0 Å². The molecule has 0 aliphatic heterocycles. The summed E-state index contributed by atoms with van der Waals surface area (Å²) in [4.78, 5) is 8.06. The van der Waals surface area contributed by atoms with Gasteiger partial charge in [0.2, 0.25) is 0 Å². The summed E-state index contributed by atoms with van der Waals surface area (Å²) in [6.07, 6.45) is 3.69. The van der Waals surface area contributed by atoms with Crippen molar-refractivity contribution in [1.82, 2.24) is 20.2 Å². The maximum absolute atomic E-state index is 8.74. The SMILES string of the molecule is N#Cc1cnc(Nc2cc(-c3ccc(OCCCN)c(Br)c3)[nH]n2)cn1. The number of aromatic amines is 1. The van der Waals surface area contributed by atoms with Crippen molar-refractivity contribution in [2.45, 2.75) is 6.42 Å². The zero-order valence-electron chi connectivity index (χ0n) is 13.7. The summed E-state index contributed by atoms with van der Waals surface area (Å²) in [7, 11) is 0. The first-order valence-corrected chi connectivity index (χ1v) is 8.66. The Kier molecular flexibility index (Phi) is 5.78. The topological polar surface area (TPSA) is 126 Å². The van der Waals surface area contributed by atoms with Crippen LogP contribution in [-0.4, -0.2) is 33.3 Å². The van der Waals surface area contributed by atoms with Crippen molar-refractivity contribution in [2.24, 2.45) is 5.73 Å². The highest BCUT2D eigenvalue weighted by molar-refractivity contribution is 9.10. The number of halogens is 1. The number of nitrogens with one attached hydrogen (secondary N) is 2. The molecule has 0 amide bonds. The van der Waals surface area contributed by atoms with E-state index in [9.17, 15) is 0 Å². The number of rotatable bonds is 7. The average Bonchev–Trinajstić information content (AvgIpc) is 3.12. The lowest BCUT2D eigenvalue weighted by atomic mass is 10.1. The molecule has 2 aromatic heterocycles. The van der Waals surface area contributed by atoms with E-state index in [0.717, 1.165) is 27.9 Å². The molecule has 0 saturated carbocycles. The van der Waals surface area contributed by atoms with Crippen LogP contribution in [0.15, 0.2) is 41.1 Å². The molecule has 132 valence electrons. The van der Waals surface area contributed by atoms with E-state index in [1.165, 1.54) is 12.4 Å². The first-order chi connectivity index (χ1) is 12.7. The quantitative estimate of drug-likeness (QED) is 0.508. The molecular formula is C17H16BrN7O. The third-order valence-electron chi connectivity index (χ3n) is 3.45. The van der Waals surface area contributed by atoms with Gasteiger partial charge in [0.05, 0.1) is 29.2 Å². The lowest BCUT2D eigenvalue weighted by Gasteiger charge is -2.08. The van der Waals surface area contributed by atoms with Crippen LogP contribution in [0.1, 0.15) is 12.1 Å². The van der Waals surface area contributed by atoms with Gasteiger partial charge >= 0.3 is 0 Å². The van der Waals surface area contributed by atoms with Gasteiger partial charge in [-0.05, 0) is 47.1 Å². The lowest BCUT2D eigenvalue weighted by Crippen LogP contribution is -2.06. The fourth-order valence-corrected chi connectivity index (χ4v) is 2.66. The highest BCUT2D eigenvalue weighted by atomic mass is 79.9. The highest BCUT2D eigenvalue weighted by Gasteiger charge is 2.08. The van der Waals surface area contributed by atoms with Crippen molar-refractivity contribution in [1.29, 1.82) is 5.26 Å². The molecular weight excluding hydrogens is 398 g/mol. The van der Waals surface area contributed by atoms with Gasteiger partial charge in [0.25, 0.3) is 0 Å². The summed E-state index contributed by atoms with van der Waals surface area (Å²) in [5, 5.41) is 19.0. The van der Waals surface area contributed by atoms with Crippen LogP contribution in [0.3, 0.4) is 0 Å². The van der Waals surface area contributed by atoms with Crippen molar-refractivity contribution in [3.05, 3.63) is 46.8 Å². The zero-order valence-corrected chi connectivity index (χ0v) is 15.3. The predicted octanol–water partition coefficient (Wildman–Crippen LogP) is 2.97. The largest absolute Gasteiger partial charge is 0.492 e. The summed E-state index contributed by atoms with van der Waals surface area (Å²) >= 11 is 3.52. The average molecular weight is 414 g/mol. The Labute approximate surface area is 158 Å². The Bertz CT molecular complexity index is 918. The Morgan fingerprint density at radius 3 is 2.81 bits per heavy atom. The first kappa shape index (κ1) is 17.8. The second-order valence-electron chi connectivity index (χ2n) is 5.33. The number of ether oxygens (including phenoxy) is 1. The van der Waals surface area contributed by atoms with Gasteiger partial charge in [0.15, 0.2) is 11.5 Å². The van der Waals surface area contributed by atoms with E-state index in [-0.39, 0.29) is 5.69 Å². The lowest BCUT2D eigenvalue weighted by molar-refractivity contribution is 0.311. The summed E-state index contributed by atoms with van der Waals surface area (Å²) in [6.45, 7) is 1.18. The predicted molar refractivity (Wildman–Crippen MR) is 101 cm³/mol. The van der Waals surface area contributed by atoms with Crippen molar-refractivity contribution in [3.8, 4) is 23.1 Å². The smallest absolute Gasteiger partial charge is 0.158 e. The van der Waals surface area contributed by atoms with Gasteiger partial charge < -0.3 is 15.8 Å². The zero-order chi connectivity index (χ0) is 18.4. The van der Waals surface area contributed by atoms with E-state index in [4.69, 9.17) is 15.7 Å². The van der Waals surface area contributed by atoms with Gasteiger partial charge in [-0.2, -0.15) is 10.4 Å². The number of nitrogens with zero attached hydrogens (tertiary/aromatic N) is 4. The van der Waals surface area contributed by atoms with Gasteiger partial charge in [0.1, 0.15) is 17.6 Å². The number of hydrogen-bond donors (Lipinski definition) is 3. The molecule has 1 aromatic carbocycles. The summed E-state index contributed by atoms with van der Waals surface area (Å²) in [5.74, 6) is 1.87. The van der Waals surface area contributed by atoms with Gasteiger partial charge in [0, 0.05) is 11.6 Å². The maximum Gasteiger partial charge on any atom is 0.158 e. The monoisotopic (exact) mass is 413 g/mol. The number of hydrogen-bond acceptors (Lipinski definition) is 7. The van der Waals surface area contributed by atoms with E-state index in [1.54, 1.807) is 0 Å². The highest BCUT2D eigenvalue weighted by Crippen LogP contribution is 2.31. The third-order valence-corrected chi connectivity index (χ3v) is 4.07. The Hall–Kier alpha value is -2.96. The van der Waals surface area contributed by atoms with Gasteiger partial charge in [-0.1, -0.05) is 0 Å². The number of benzene rings is 1. The standard InChI is InChI=1S/C17H16BrN7O/c18-13-6-11(2-3-15(13)26-5-1-4-19)14-7-16(25-24-14)23-17-10-21-12(8-20)9-22-17/h2-3,6-7,9-10H,1,4-5,19H2,(H2,22,23,24,25). The minimum atomic E-state index is 0.261. The van der Waals surface area contributed by atoms with Gasteiger partial charge in [-0.3, -0.25) is 5.10 Å². The van der Waals surface area contributed by atoms with Crippen LogP contribution in [0.4, 0.5) is 11.6 Å². The van der Waals surface area contributed by atoms with Crippen LogP contribution in [0.25, 0.3) is 11.3 Å². The minimum absolute atomic E-state index is 0.261. The fraction of sp³-hybridized carbons (Fsp3) is 0.176. The van der Waals surface area contributed by atoms with E-state index in [0.29, 0.717) is 24.8 Å². The molecule has 3 aromatic rings. The number of anilines is 2. The molecule has 9 heteroatoms. The number of nitriles is 1. The van der Waals surface area contributed by atoms with E-state index in [1.807, 2.05) is 30.3 Å². The van der Waals surface area contributed by atoms with Crippen LogP contribution in [0, 0.1) is 11.3 Å². The van der Waals surface area contributed by atoms with Crippen LogP contribution in [-0.2, 0) is 0 Å². The van der Waals surface area contributed by atoms with E-state index < -0.39 is 0 Å². The molecule has 0 fully saturated rings. The normalized spacial score (nSPS) is 10.3. The second kappa shape index (κ2) is 8.42. The molecule has 0 saturated heterocycles. The third kappa shape index (κ3) is 4.36. The van der Waals surface area contributed by atoms with E-state index >= 15 is 0 Å². The summed E-state index contributed by atoms with van der Waals surface area (Å²) in [5.41, 5.74) is 7.52. The van der Waals surface area contributed by atoms with Gasteiger partial charge in [-0.15, -0.1) is 0 Å². The number of aromatic nitrogens is 4. The van der Waals surface area contributed by atoms with E-state index in [2.05, 4.69) is 41.4 Å². The fourth-order valence-electron chi connectivity index (χ4n) is 2.17. The summed E-state index contributed by atoms with van der Waals surface area (Å²) in [6, 6.07) is 9.58. The molecule has 8 nitrogen and oxygen atoms in total. The second-order valence-corrected chi connectivity index (χ2v) is 6.18. The molecule has 4 N–H and O–H groups in total. The molecule has 0 bridgehead atoms. The number of H-pyrrole nitrogens is 1. The molecule has 0 atom stereocenters. The number of nitrogens with two attached hydrogens (primary N) is 1. The Morgan fingerprint density at radius 1 is 1.23 bits per heavy atom. The summed E-state index contributed by atoms with van der Waals surface area (Å²) < 4.78 is 6.52. The molecule has 26 heavy (non-hydrogen) atoms. The van der Waals surface area contributed by atoms with Crippen molar-refractivity contribution in [3.63, 3.8) is 0 Å². The van der Waals surface area contributed by atoms with Crippen molar-refractivity contribution < 1.29 is 4.74 Å². The molecule has 2 heterocycles. The van der Waals surface area contributed by atoms with Crippen LogP contribution in [0.5, 0.6) is 5.75 Å². The molecule has 0 unspecified atom stereocenters. The van der Waals surface area contributed by atoms with Gasteiger partial charge in [-0.25, -0.2) is 9.97 Å².